The van der Waals surface area contributed by atoms with Crippen molar-refractivity contribution < 1.29 is 43.0 Å². The minimum Gasteiger partial charge on any atom is -0.392 e. The minimum absolute atomic E-state index is 0.0417. The topological polar surface area (TPSA) is 94.1 Å². The summed E-state index contributed by atoms with van der Waals surface area (Å²) in [6, 6.07) is 0. The molecule has 49 heavy (non-hydrogen) atoms. The van der Waals surface area contributed by atoms with Crippen molar-refractivity contribution in [1.29, 1.82) is 0 Å². The van der Waals surface area contributed by atoms with Crippen LogP contribution in [0.1, 0.15) is 74.9 Å². The molecule has 0 radical (unpaired) electrons. The second kappa shape index (κ2) is 28.5. The SMILES string of the molecule is CC1(C)OCC=CCO1.CC1C=CCOC(C(C)C)O1.CCOC/C=C\CO.COC/C=C\COC.Cc1c(C)c(C)c2c(c1C)COC2. The maximum Gasteiger partial charge on any atom is 0.163 e. The van der Waals surface area contributed by atoms with Crippen LogP contribution in [-0.2, 0) is 51.1 Å². The molecular weight excluding hydrogens is 624 g/mol. The molecular formula is C40H68O9. The zero-order chi connectivity index (χ0) is 37.1. The minimum atomic E-state index is -0.399. The first-order valence-corrected chi connectivity index (χ1v) is 17.4. The molecule has 0 amide bonds. The van der Waals surface area contributed by atoms with Crippen LogP contribution in [0.15, 0.2) is 48.6 Å². The normalized spacial score (nSPS) is 19.4. The van der Waals surface area contributed by atoms with Gasteiger partial charge in [0.25, 0.3) is 0 Å². The third-order valence-electron chi connectivity index (χ3n) is 7.71. The van der Waals surface area contributed by atoms with Gasteiger partial charge in [-0.05, 0) is 88.8 Å². The molecule has 3 aliphatic heterocycles. The van der Waals surface area contributed by atoms with Crippen LogP contribution in [0.4, 0.5) is 0 Å². The van der Waals surface area contributed by atoms with Gasteiger partial charge in [0.2, 0.25) is 0 Å². The van der Waals surface area contributed by atoms with Gasteiger partial charge in [-0.1, -0.05) is 62.5 Å². The first kappa shape index (κ1) is 46.8. The molecule has 0 saturated carbocycles. The number of rotatable bonds is 9. The van der Waals surface area contributed by atoms with Crippen molar-refractivity contribution >= 4 is 0 Å². The molecule has 9 heteroatoms. The van der Waals surface area contributed by atoms with Crippen LogP contribution in [0.2, 0.25) is 0 Å². The highest BCUT2D eigenvalue weighted by molar-refractivity contribution is 5.50. The molecule has 0 aromatic heterocycles. The maximum atomic E-state index is 8.22. The van der Waals surface area contributed by atoms with Crippen LogP contribution in [0.25, 0.3) is 0 Å². The molecule has 1 N–H and O–H groups in total. The smallest absolute Gasteiger partial charge is 0.163 e. The Morgan fingerprint density at radius 2 is 1.31 bits per heavy atom. The molecule has 282 valence electrons. The van der Waals surface area contributed by atoms with Crippen molar-refractivity contribution in [3.8, 4) is 0 Å². The molecule has 3 aliphatic rings. The van der Waals surface area contributed by atoms with Gasteiger partial charge >= 0.3 is 0 Å². The fraction of sp³-hybridized carbons (Fsp3) is 0.650. The van der Waals surface area contributed by atoms with Crippen LogP contribution >= 0.6 is 0 Å². The number of aliphatic hydroxyl groups is 1. The third kappa shape index (κ3) is 21.6. The highest BCUT2D eigenvalue weighted by Crippen LogP contribution is 2.31. The molecule has 0 spiro atoms. The summed E-state index contributed by atoms with van der Waals surface area (Å²) in [4.78, 5) is 0. The summed E-state index contributed by atoms with van der Waals surface area (Å²) < 4.78 is 41.5. The lowest BCUT2D eigenvalue weighted by molar-refractivity contribution is -0.195. The number of aliphatic hydroxyl groups excluding tert-OH is 1. The number of hydrogen-bond donors (Lipinski definition) is 1. The zero-order valence-electron chi connectivity index (χ0n) is 32.6. The highest BCUT2D eigenvalue weighted by Gasteiger charge is 2.20. The van der Waals surface area contributed by atoms with E-state index in [9.17, 15) is 0 Å². The van der Waals surface area contributed by atoms with E-state index in [-0.39, 0.29) is 19.0 Å². The summed E-state index contributed by atoms with van der Waals surface area (Å²) in [7, 11) is 3.33. The molecule has 1 aromatic rings. The molecule has 1 aromatic carbocycles. The monoisotopic (exact) mass is 692 g/mol. The van der Waals surface area contributed by atoms with Crippen molar-refractivity contribution in [1.82, 2.24) is 0 Å². The Kier molecular flexibility index (Phi) is 27.2. The van der Waals surface area contributed by atoms with Gasteiger partial charge in [-0.2, -0.15) is 0 Å². The Morgan fingerprint density at radius 3 is 1.76 bits per heavy atom. The fourth-order valence-corrected chi connectivity index (χ4v) is 4.49. The van der Waals surface area contributed by atoms with Crippen LogP contribution in [0.5, 0.6) is 0 Å². The van der Waals surface area contributed by atoms with Gasteiger partial charge in [0, 0.05) is 26.7 Å². The van der Waals surface area contributed by atoms with Gasteiger partial charge in [-0.3, -0.25) is 0 Å². The number of fused-ring (bicyclic) bond motifs is 1. The first-order valence-electron chi connectivity index (χ1n) is 17.4. The second-order valence-corrected chi connectivity index (χ2v) is 12.4. The summed E-state index contributed by atoms with van der Waals surface area (Å²) in [5, 5.41) is 8.22. The Hall–Kier alpha value is -2.18. The molecule has 4 rings (SSSR count). The zero-order valence-corrected chi connectivity index (χ0v) is 32.6. The lowest BCUT2D eigenvalue weighted by Crippen LogP contribution is -2.26. The number of methoxy groups -OCH3 is 2. The van der Waals surface area contributed by atoms with Gasteiger partial charge in [0.05, 0.1) is 65.6 Å². The van der Waals surface area contributed by atoms with E-state index in [0.717, 1.165) is 19.8 Å². The van der Waals surface area contributed by atoms with Gasteiger partial charge in [-0.15, -0.1) is 0 Å². The molecule has 0 fully saturated rings. The van der Waals surface area contributed by atoms with Crippen LogP contribution in [-0.4, -0.2) is 90.4 Å². The van der Waals surface area contributed by atoms with Gasteiger partial charge in [-0.25, -0.2) is 0 Å². The Morgan fingerprint density at radius 1 is 0.796 bits per heavy atom. The predicted octanol–water partition coefficient (Wildman–Crippen LogP) is 7.64. The van der Waals surface area contributed by atoms with E-state index in [1.807, 2.05) is 64.2 Å². The van der Waals surface area contributed by atoms with Crippen molar-refractivity contribution in [2.24, 2.45) is 5.92 Å². The standard InChI is InChI=1S/C12H16O.C9H16O2.C7H12O2.2C6H12O2/c1-7-8(2)10(4)12-6-13-5-11(12)9(7)3;1-7(2)9-10-6-4-5-8(3)11-9;1-7(2)8-5-3-4-6-9-7;1-7-5-3-4-6-8-2;1-2-8-6-4-3-5-7/h5-6H2,1-4H3;4-5,7-9H,6H2,1-3H3;3-4H,5-6H2,1-2H3;3-4H,5-6H2,1-2H3;3-4,7H,2,5-6H2,1H3/b;;;2*4-3-. The highest BCUT2D eigenvalue weighted by atomic mass is 16.7. The van der Waals surface area contributed by atoms with Crippen molar-refractivity contribution in [3.63, 3.8) is 0 Å². The van der Waals surface area contributed by atoms with Crippen LogP contribution in [0.3, 0.4) is 0 Å². The average molecular weight is 693 g/mol. The van der Waals surface area contributed by atoms with E-state index in [1.54, 1.807) is 26.4 Å². The summed E-state index contributed by atoms with van der Waals surface area (Å²) >= 11 is 0. The first-order chi connectivity index (χ1) is 23.4. The molecule has 3 heterocycles. The van der Waals surface area contributed by atoms with E-state index >= 15 is 0 Å². The summed E-state index contributed by atoms with van der Waals surface area (Å²) in [5.41, 5.74) is 8.58. The van der Waals surface area contributed by atoms with E-state index in [1.165, 1.54) is 33.4 Å². The lowest BCUT2D eigenvalue weighted by atomic mass is 9.90. The van der Waals surface area contributed by atoms with Gasteiger partial charge in [0.15, 0.2) is 12.1 Å². The number of ether oxygens (including phenoxy) is 8. The summed E-state index contributed by atoms with van der Waals surface area (Å²) in [5.74, 6) is 0.0288. The van der Waals surface area contributed by atoms with Crippen LogP contribution in [0, 0.1) is 33.6 Å². The molecule has 0 aliphatic carbocycles. The molecule has 2 unspecified atom stereocenters. The Balaban J connectivity index is 0.000000598. The van der Waals surface area contributed by atoms with E-state index in [0.29, 0.717) is 45.6 Å². The van der Waals surface area contributed by atoms with Crippen molar-refractivity contribution in [2.75, 3.05) is 67.1 Å². The van der Waals surface area contributed by atoms with Crippen molar-refractivity contribution in [2.45, 2.75) is 101 Å². The van der Waals surface area contributed by atoms with E-state index in [4.69, 9.17) is 43.0 Å². The summed E-state index contributed by atoms with van der Waals surface area (Å²) in [6.45, 7) is 27.2. The molecule has 0 saturated heterocycles. The average Bonchev–Trinajstić information content (AvgIpc) is 3.35. The number of hydrogen-bond acceptors (Lipinski definition) is 9. The molecule has 9 nitrogen and oxygen atoms in total. The quantitative estimate of drug-likeness (QED) is 0.207. The van der Waals surface area contributed by atoms with E-state index in [2.05, 4.69) is 41.5 Å². The van der Waals surface area contributed by atoms with Gasteiger partial charge in [0.1, 0.15) is 0 Å². The largest absolute Gasteiger partial charge is 0.392 e. The lowest BCUT2D eigenvalue weighted by Gasteiger charge is -2.22. The van der Waals surface area contributed by atoms with Gasteiger partial charge < -0.3 is 43.0 Å². The Bertz CT molecular complexity index is 1050. The second-order valence-electron chi connectivity index (χ2n) is 12.4. The third-order valence-corrected chi connectivity index (χ3v) is 7.71. The summed E-state index contributed by atoms with van der Waals surface area (Å²) in [6.07, 6.45) is 15.4. The van der Waals surface area contributed by atoms with E-state index < -0.39 is 5.79 Å². The fourth-order valence-electron chi connectivity index (χ4n) is 4.49. The van der Waals surface area contributed by atoms with Crippen LogP contribution < -0.4 is 0 Å². The predicted molar refractivity (Wildman–Crippen MR) is 199 cm³/mol. The maximum absolute atomic E-state index is 8.22. The molecule has 2 atom stereocenters. The Labute approximate surface area is 298 Å². The number of benzene rings is 1. The van der Waals surface area contributed by atoms with Crippen molar-refractivity contribution in [3.05, 3.63) is 82.0 Å². The molecule has 0 bridgehead atoms.